The summed E-state index contributed by atoms with van der Waals surface area (Å²) in [5, 5.41) is 22.4. The summed E-state index contributed by atoms with van der Waals surface area (Å²) in [4.78, 5) is 23.5. The van der Waals surface area contributed by atoms with Crippen LogP contribution in [0.15, 0.2) is 12.3 Å². The Balaban J connectivity index is 1.72. The maximum atomic E-state index is 11.1. The molecule has 28 heavy (non-hydrogen) atoms. The lowest BCUT2D eigenvalue weighted by Crippen LogP contribution is -2.43. The number of amides is 1. The van der Waals surface area contributed by atoms with Crippen LogP contribution in [-0.2, 0) is 0 Å². The number of aromatic nitrogens is 3. The lowest BCUT2D eigenvalue weighted by atomic mass is 9.89. The van der Waals surface area contributed by atoms with Gasteiger partial charge >= 0.3 is 6.09 Å². The molecule has 1 fully saturated rings. The monoisotopic (exact) mass is 401 g/mol. The normalized spacial score (nSPS) is 18.9. The van der Waals surface area contributed by atoms with Gasteiger partial charge in [0, 0.05) is 26.2 Å². The van der Waals surface area contributed by atoms with Gasteiger partial charge in [0.05, 0.1) is 11.9 Å². The molecule has 2 aromatic rings. The Hall–Kier alpha value is -2.93. The van der Waals surface area contributed by atoms with Gasteiger partial charge < -0.3 is 20.2 Å². The molecule has 0 atom stereocenters. The molecule has 2 heterocycles. The summed E-state index contributed by atoms with van der Waals surface area (Å²) in [6.45, 7) is 1.90. The standard InChI is InChI=1S/C18H23N7O2S/c1-11-8-16(28-23-11)22-17-14(9-19)20-10-15(21-17)24(2)12-4-6-13(7-5-12)25(3)18(26)27/h8,10,12-13H,4-7H2,1-3H3,(H,21,22)(H,26,27). The molecule has 3 rings (SSSR count). The summed E-state index contributed by atoms with van der Waals surface area (Å²) >= 11 is 1.31. The number of carbonyl (C=O) groups is 1. The molecule has 0 aliphatic heterocycles. The third kappa shape index (κ3) is 4.31. The van der Waals surface area contributed by atoms with Gasteiger partial charge in [-0.2, -0.15) is 9.64 Å². The zero-order chi connectivity index (χ0) is 20.3. The molecular formula is C18H23N7O2S. The van der Waals surface area contributed by atoms with E-state index in [0.29, 0.717) is 11.6 Å². The number of carboxylic acid groups (broad SMARTS) is 1. The number of aryl methyl sites for hydroxylation is 1. The minimum absolute atomic E-state index is 0.0565. The van der Waals surface area contributed by atoms with Gasteiger partial charge in [-0.05, 0) is 50.2 Å². The zero-order valence-corrected chi connectivity index (χ0v) is 16.9. The molecule has 1 saturated carbocycles. The van der Waals surface area contributed by atoms with Crippen LogP contribution in [0.5, 0.6) is 0 Å². The number of nitrogens with one attached hydrogen (secondary N) is 1. The Morgan fingerprint density at radius 2 is 2.00 bits per heavy atom. The summed E-state index contributed by atoms with van der Waals surface area (Å²) in [5.41, 5.74) is 1.13. The molecule has 0 saturated heterocycles. The van der Waals surface area contributed by atoms with E-state index in [-0.39, 0.29) is 17.8 Å². The number of hydrogen-bond donors (Lipinski definition) is 2. The molecule has 0 unspecified atom stereocenters. The molecule has 2 N–H and O–H groups in total. The van der Waals surface area contributed by atoms with E-state index < -0.39 is 6.09 Å². The van der Waals surface area contributed by atoms with Gasteiger partial charge in [-0.25, -0.2) is 14.8 Å². The smallest absolute Gasteiger partial charge is 0.407 e. The second-order valence-electron chi connectivity index (χ2n) is 6.96. The highest BCUT2D eigenvalue weighted by molar-refractivity contribution is 7.10. The molecule has 0 spiro atoms. The van der Waals surface area contributed by atoms with Crippen LogP contribution < -0.4 is 10.2 Å². The third-order valence-electron chi connectivity index (χ3n) is 5.16. The van der Waals surface area contributed by atoms with Crippen LogP contribution in [0.2, 0.25) is 0 Å². The second kappa shape index (κ2) is 8.39. The highest BCUT2D eigenvalue weighted by Gasteiger charge is 2.29. The molecule has 0 bridgehead atoms. The van der Waals surface area contributed by atoms with Crippen molar-refractivity contribution in [2.24, 2.45) is 0 Å². The van der Waals surface area contributed by atoms with Crippen LogP contribution in [0, 0.1) is 18.3 Å². The molecule has 1 amide bonds. The topological polar surface area (TPSA) is 118 Å². The van der Waals surface area contributed by atoms with Crippen molar-refractivity contribution in [1.29, 1.82) is 5.26 Å². The maximum absolute atomic E-state index is 11.1. The molecular weight excluding hydrogens is 378 g/mol. The average molecular weight is 401 g/mol. The number of nitrogens with zero attached hydrogens (tertiary/aromatic N) is 6. The fourth-order valence-corrected chi connectivity index (χ4v) is 4.09. The lowest BCUT2D eigenvalue weighted by molar-refractivity contribution is 0.124. The number of rotatable bonds is 5. The van der Waals surface area contributed by atoms with Crippen molar-refractivity contribution >= 4 is 34.3 Å². The van der Waals surface area contributed by atoms with E-state index in [1.54, 1.807) is 13.2 Å². The predicted octanol–water partition coefficient (Wildman–Crippen LogP) is 3.21. The van der Waals surface area contributed by atoms with Gasteiger partial charge in [0.2, 0.25) is 0 Å². The van der Waals surface area contributed by atoms with E-state index in [1.807, 2.05) is 20.0 Å². The van der Waals surface area contributed by atoms with Gasteiger partial charge in [-0.1, -0.05) is 0 Å². The van der Waals surface area contributed by atoms with Crippen LogP contribution in [0.3, 0.4) is 0 Å². The quantitative estimate of drug-likeness (QED) is 0.784. The second-order valence-corrected chi connectivity index (χ2v) is 7.77. The Labute approximate surface area is 167 Å². The van der Waals surface area contributed by atoms with Gasteiger partial charge in [-0.15, -0.1) is 0 Å². The van der Waals surface area contributed by atoms with Crippen molar-refractivity contribution < 1.29 is 9.90 Å². The van der Waals surface area contributed by atoms with Gasteiger partial charge in [0.1, 0.15) is 16.9 Å². The van der Waals surface area contributed by atoms with Crippen LogP contribution >= 0.6 is 11.5 Å². The van der Waals surface area contributed by atoms with Crippen LogP contribution in [0.1, 0.15) is 37.1 Å². The maximum Gasteiger partial charge on any atom is 0.407 e. The Kier molecular flexibility index (Phi) is 5.94. The molecule has 1 aliphatic rings. The minimum atomic E-state index is -0.885. The predicted molar refractivity (Wildman–Crippen MR) is 107 cm³/mol. The van der Waals surface area contributed by atoms with Gasteiger partial charge in [0.15, 0.2) is 11.5 Å². The van der Waals surface area contributed by atoms with E-state index in [1.165, 1.54) is 16.4 Å². The molecule has 2 aromatic heterocycles. The van der Waals surface area contributed by atoms with Crippen LogP contribution in [0.4, 0.5) is 21.4 Å². The fourth-order valence-electron chi connectivity index (χ4n) is 3.43. The lowest BCUT2D eigenvalue weighted by Gasteiger charge is -2.37. The summed E-state index contributed by atoms with van der Waals surface area (Å²) in [6.07, 6.45) is 4.09. The Morgan fingerprint density at radius 3 is 2.57 bits per heavy atom. The molecule has 0 aromatic carbocycles. The van der Waals surface area contributed by atoms with Crippen LogP contribution in [-0.4, -0.2) is 56.6 Å². The first-order valence-corrected chi connectivity index (χ1v) is 9.82. The molecule has 1 aliphatic carbocycles. The van der Waals surface area contributed by atoms with Crippen molar-refractivity contribution in [2.75, 3.05) is 24.3 Å². The molecule has 148 valence electrons. The zero-order valence-electron chi connectivity index (χ0n) is 16.1. The number of anilines is 3. The van der Waals surface area contributed by atoms with Crippen LogP contribution in [0.25, 0.3) is 0 Å². The van der Waals surface area contributed by atoms with Crippen molar-refractivity contribution in [2.45, 2.75) is 44.7 Å². The van der Waals surface area contributed by atoms with E-state index in [4.69, 9.17) is 5.11 Å². The summed E-state index contributed by atoms with van der Waals surface area (Å²) in [5.74, 6) is 1.09. The van der Waals surface area contributed by atoms with Crippen molar-refractivity contribution in [3.63, 3.8) is 0 Å². The van der Waals surface area contributed by atoms with Gasteiger partial charge in [-0.3, -0.25) is 0 Å². The molecule has 0 radical (unpaired) electrons. The van der Waals surface area contributed by atoms with Crippen molar-refractivity contribution in [3.8, 4) is 6.07 Å². The highest BCUT2D eigenvalue weighted by atomic mass is 32.1. The van der Waals surface area contributed by atoms with E-state index in [0.717, 1.165) is 36.4 Å². The summed E-state index contributed by atoms with van der Waals surface area (Å²) in [6, 6.07) is 4.26. The first kappa shape index (κ1) is 19.8. The first-order chi connectivity index (χ1) is 13.4. The highest BCUT2D eigenvalue weighted by Crippen LogP contribution is 2.29. The summed E-state index contributed by atoms with van der Waals surface area (Å²) in [7, 11) is 3.59. The Morgan fingerprint density at radius 1 is 1.32 bits per heavy atom. The SMILES string of the molecule is Cc1cc(Nc2nc(N(C)C3CCC(N(C)C(=O)O)CC3)cnc2C#N)sn1. The average Bonchev–Trinajstić information content (AvgIpc) is 3.11. The number of nitriles is 1. The van der Waals surface area contributed by atoms with Crippen molar-refractivity contribution in [1.82, 2.24) is 19.2 Å². The summed E-state index contributed by atoms with van der Waals surface area (Å²) < 4.78 is 4.22. The molecule has 10 heteroatoms. The van der Waals surface area contributed by atoms with E-state index in [2.05, 4.69) is 30.6 Å². The van der Waals surface area contributed by atoms with Gasteiger partial charge in [0.25, 0.3) is 0 Å². The Bertz CT molecular complexity index is 886. The minimum Gasteiger partial charge on any atom is -0.465 e. The van der Waals surface area contributed by atoms with E-state index in [9.17, 15) is 10.1 Å². The fraction of sp³-hybridized carbons (Fsp3) is 0.500. The third-order valence-corrected chi connectivity index (χ3v) is 5.96. The van der Waals surface area contributed by atoms with Crippen molar-refractivity contribution in [3.05, 3.63) is 23.7 Å². The first-order valence-electron chi connectivity index (χ1n) is 9.05. The number of hydrogen-bond acceptors (Lipinski definition) is 8. The molecule has 9 nitrogen and oxygen atoms in total. The van der Waals surface area contributed by atoms with E-state index >= 15 is 0 Å². The largest absolute Gasteiger partial charge is 0.465 e.